The van der Waals surface area contributed by atoms with Crippen molar-refractivity contribution in [3.63, 3.8) is 0 Å². The molecule has 0 aliphatic carbocycles. The van der Waals surface area contributed by atoms with Gasteiger partial charge in [-0.25, -0.2) is 0 Å². The van der Waals surface area contributed by atoms with Gasteiger partial charge in [-0.2, -0.15) is 12.6 Å². The molecule has 3 heteroatoms. The summed E-state index contributed by atoms with van der Waals surface area (Å²) in [7, 11) is 0. The molecule has 2 nitrogen and oxygen atoms in total. The molecule has 2 heterocycles. The Morgan fingerprint density at radius 2 is 1.64 bits per heavy atom. The van der Waals surface area contributed by atoms with Crippen LogP contribution in [-0.4, -0.2) is 10.7 Å². The maximum atomic E-state index is 4.46. The third kappa shape index (κ3) is 7.68. The number of nitrogens with zero attached hydrogens (tertiary/aromatic N) is 1. The van der Waals surface area contributed by atoms with Crippen molar-refractivity contribution >= 4 is 18.3 Å². The van der Waals surface area contributed by atoms with Crippen molar-refractivity contribution < 1.29 is 0 Å². The number of aromatic nitrogens is 1. The fourth-order valence-electron chi connectivity index (χ4n) is 3.42. The largest absolute Gasteiger partial charge is 0.360 e. The summed E-state index contributed by atoms with van der Waals surface area (Å²) in [6, 6.07) is 6.07. The second-order valence-corrected chi connectivity index (χ2v) is 7.86. The van der Waals surface area contributed by atoms with Crippen LogP contribution in [0, 0.1) is 5.41 Å². The average Bonchev–Trinajstić information content (AvgIpc) is 2.64. The molecule has 0 aromatic carbocycles. The van der Waals surface area contributed by atoms with Gasteiger partial charge >= 0.3 is 0 Å². The van der Waals surface area contributed by atoms with E-state index in [2.05, 4.69) is 54.3 Å². The van der Waals surface area contributed by atoms with Gasteiger partial charge in [-0.3, -0.25) is 4.98 Å². The summed E-state index contributed by atoms with van der Waals surface area (Å²) in [5, 5.41) is 3.34. The highest BCUT2D eigenvalue weighted by molar-refractivity contribution is 7.80. The molecule has 2 rings (SSSR count). The molecule has 1 aliphatic heterocycles. The molecule has 0 radical (unpaired) electrons. The highest BCUT2D eigenvalue weighted by atomic mass is 32.1. The first-order valence-corrected chi connectivity index (χ1v) is 10.6. The van der Waals surface area contributed by atoms with Crippen LogP contribution < -0.4 is 5.32 Å². The number of rotatable bonds is 12. The van der Waals surface area contributed by atoms with Gasteiger partial charge in [0.1, 0.15) is 0 Å². The highest BCUT2D eigenvalue weighted by Crippen LogP contribution is 2.33. The molecule has 1 aromatic rings. The molecule has 0 fully saturated rings. The first kappa shape index (κ1) is 20.1. The van der Waals surface area contributed by atoms with Crippen LogP contribution in [0.1, 0.15) is 76.8 Å². The molecule has 1 unspecified atom stereocenters. The van der Waals surface area contributed by atoms with Crippen molar-refractivity contribution in [3.05, 3.63) is 48.4 Å². The summed E-state index contributed by atoms with van der Waals surface area (Å²) in [6.45, 7) is 2.33. The summed E-state index contributed by atoms with van der Waals surface area (Å²) < 4.78 is 0. The van der Waals surface area contributed by atoms with Crippen LogP contribution in [-0.2, 0) is 0 Å². The Morgan fingerprint density at radius 1 is 0.960 bits per heavy atom. The lowest BCUT2D eigenvalue weighted by Crippen LogP contribution is -2.20. The second kappa shape index (κ2) is 11.4. The number of nitrogens with one attached hydrogen (secondary N) is 1. The SMILES string of the molecule is CC1(CCCCCCCCCCCS)C=CNC(c2ccccn2)=C1. The van der Waals surface area contributed by atoms with Gasteiger partial charge < -0.3 is 5.32 Å². The predicted octanol–water partition coefficient (Wildman–Crippen LogP) is 6.38. The number of hydrogen-bond donors (Lipinski definition) is 2. The topological polar surface area (TPSA) is 24.9 Å². The minimum atomic E-state index is 0.144. The molecule has 0 saturated carbocycles. The lowest BCUT2D eigenvalue weighted by atomic mass is 9.82. The maximum absolute atomic E-state index is 4.46. The first-order valence-electron chi connectivity index (χ1n) is 9.93. The fourth-order valence-corrected chi connectivity index (χ4v) is 3.65. The standard InChI is InChI=1S/C22H34N2S/c1-22(14-10-7-5-3-2-4-6-8-12-18-25)15-17-24-21(19-22)20-13-9-11-16-23-20/h9,11,13,15-17,19,24-25H,2-8,10,12,14,18H2,1H3. The Kier molecular flexibility index (Phi) is 9.17. The smallest absolute Gasteiger partial charge is 0.0861 e. The monoisotopic (exact) mass is 358 g/mol. The Hall–Kier alpha value is -1.22. The van der Waals surface area contributed by atoms with Gasteiger partial charge in [0, 0.05) is 11.6 Å². The van der Waals surface area contributed by atoms with Crippen LogP contribution >= 0.6 is 12.6 Å². The van der Waals surface area contributed by atoms with E-state index in [0.29, 0.717) is 0 Å². The number of hydrogen-bond acceptors (Lipinski definition) is 3. The molecule has 25 heavy (non-hydrogen) atoms. The van der Waals surface area contributed by atoms with Gasteiger partial charge in [0.25, 0.3) is 0 Å². The molecule has 1 aliphatic rings. The van der Waals surface area contributed by atoms with Crippen molar-refractivity contribution in [2.24, 2.45) is 5.41 Å². The van der Waals surface area contributed by atoms with Crippen LogP contribution in [0.25, 0.3) is 5.70 Å². The van der Waals surface area contributed by atoms with Gasteiger partial charge in [0.05, 0.1) is 11.4 Å². The van der Waals surface area contributed by atoms with Crippen LogP contribution in [0.3, 0.4) is 0 Å². The molecule has 1 N–H and O–H groups in total. The maximum Gasteiger partial charge on any atom is 0.0861 e. The molecular weight excluding hydrogens is 324 g/mol. The van der Waals surface area contributed by atoms with E-state index in [4.69, 9.17) is 0 Å². The third-order valence-electron chi connectivity index (χ3n) is 4.99. The van der Waals surface area contributed by atoms with E-state index in [-0.39, 0.29) is 5.41 Å². The van der Waals surface area contributed by atoms with E-state index in [1.807, 2.05) is 18.3 Å². The Balaban J connectivity index is 1.64. The Bertz CT molecular complexity index is 538. The molecule has 0 saturated heterocycles. The first-order chi connectivity index (χ1) is 12.2. The van der Waals surface area contributed by atoms with E-state index >= 15 is 0 Å². The molecule has 0 amide bonds. The summed E-state index contributed by atoms with van der Waals surface area (Å²) >= 11 is 4.26. The summed E-state index contributed by atoms with van der Waals surface area (Å²) in [5.41, 5.74) is 2.30. The quantitative estimate of drug-likeness (QED) is 0.335. The normalized spacial score (nSPS) is 19.5. The molecule has 1 atom stereocenters. The fraction of sp³-hybridized carbons (Fsp3) is 0.591. The zero-order valence-corrected chi connectivity index (χ0v) is 16.6. The third-order valence-corrected chi connectivity index (χ3v) is 5.31. The van der Waals surface area contributed by atoms with E-state index in [1.165, 1.54) is 64.2 Å². The van der Waals surface area contributed by atoms with Gasteiger partial charge in [0.15, 0.2) is 0 Å². The Morgan fingerprint density at radius 3 is 2.28 bits per heavy atom. The van der Waals surface area contributed by atoms with Crippen LogP contribution in [0.2, 0.25) is 0 Å². The molecule has 0 spiro atoms. The Labute approximate surface area is 159 Å². The number of pyridine rings is 1. The van der Waals surface area contributed by atoms with E-state index in [0.717, 1.165) is 17.1 Å². The van der Waals surface area contributed by atoms with Crippen molar-refractivity contribution in [1.82, 2.24) is 10.3 Å². The lowest BCUT2D eigenvalue weighted by Gasteiger charge is -2.27. The average molecular weight is 359 g/mol. The van der Waals surface area contributed by atoms with Gasteiger partial charge in [-0.05, 0) is 43.0 Å². The van der Waals surface area contributed by atoms with E-state index < -0.39 is 0 Å². The number of thiol groups is 1. The minimum Gasteiger partial charge on any atom is -0.360 e. The number of dihydropyridines is 1. The molecule has 0 bridgehead atoms. The second-order valence-electron chi connectivity index (χ2n) is 7.41. The van der Waals surface area contributed by atoms with E-state index in [9.17, 15) is 0 Å². The van der Waals surface area contributed by atoms with Crippen LogP contribution in [0.5, 0.6) is 0 Å². The molecular formula is C22H34N2S. The minimum absolute atomic E-state index is 0.144. The van der Waals surface area contributed by atoms with Crippen molar-refractivity contribution in [2.45, 2.75) is 71.1 Å². The zero-order valence-electron chi connectivity index (χ0n) is 15.7. The molecule has 1 aromatic heterocycles. The van der Waals surface area contributed by atoms with Crippen molar-refractivity contribution in [3.8, 4) is 0 Å². The molecule has 138 valence electrons. The van der Waals surface area contributed by atoms with E-state index in [1.54, 1.807) is 0 Å². The summed E-state index contributed by atoms with van der Waals surface area (Å²) in [5.74, 6) is 1.04. The van der Waals surface area contributed by atoms with Gasteiger partial charge in [0.2, 0.25) is 0 Å². The zero-order chi connectivity index (χ0) is 17.8. The summed E-state index contributed by atoms with van der Waals surface area (Å²) in [4.78, 5) is 4.46. The van der Waals surface area contributed by atoms with Crippen LogP contribution in [0.15, 0.2) is 42.7 Å². The predicted molar refractivity (Wildman–Crippen MR) is 113 cm³/mol. The summed E-state index contributed by atoms with van der Waals surface area (Å²) in [6.07, 6.45) is 22.0. The highest BCUT2D eigenvalue weighted by Gasteiger charge is 2.22. The van der Waals surface area contributed by atoms with Crippen molar-refractivity contribution in [2.75, 3.05) is 5.75 Å². The number of allylic oxidation sites excluding steroid dienone is 2. The van der Waals surface area contributed by atoms with Gasteiger partial charge in [-0.1, -0.05) is 70.4 Å². The number of unbranched alkanes of at least 4 members (excludes halogenated alkanes) is 8. The van der Waals surface area contributed by atoms with Crippen molar-refractivity contribution in [1.29, 1.82) is 0 Å². The van der Waals surface area contributed by atoms with Gasteiger partial charge in [-0.15, -0.1) is 0 Å². The van der Waals surface area contributed by atoms with Crippen LogP contribution in [0.4, 0.5) is 0 Å². The lowest BCUT2D eigenvalue weighted by molar-refractivity contribution is 0.449.